The first-order valence-electron chi connectivity index (χ1n) is 52.7. The van der Waals surface area contributed by atoms with E-state index in [4.69, 9.17) is 18.9 Å². The second-order valence-corrected chi connectivity index (χ2v) is 42.7. The number of hydrogen-bond acceptors (Lipinski definition) is 4. The third kappa shape index (κ3) is 10.4. The molecule has 0 bridgehead atoms. The topological polar surface area (TPSA) is 56.6 Å². The molecule has 0 unspecified atom stereocenters. The fraction of sp³-hybridized carbons (Fsp3) is 0.0435. The standard InChI is InChI=1S/2C39H26BN.2C30H16BNO2/c1-24-18-20-29-30-21-19-26-23-25-10-8-15-31-35(25)40-36(26)38(30)41(34(29)22-24)33-17-9-16-32(37(33)40)39(31,27-11-4-2-5-12-27)28-13-6-3-7-14-28;1-24-22-30-28-17-8-9-20-33(28)41-34-21-11-19-32-37(34)40-35-25(23-29(24)36(40)38(30)41)12-10-18-31(35)39(32,26-13-4-2-5-14-26)27-15-6-3-7-16-27;1-2-6-17(7-3-1)18-12-14-21-20(16-18)19-13-15-26-29-30(19)32(21)22-8-4-9-23-27(22)31(29)28-24(33-23)10-5-11-25(28)34-26;1-2-6-17(7-3-1)18-12-13-19-20-14-15-26-29-30(20)32(22(19)16-18)21-8-4-9-23-27(21)31(29)28-24(33-23)10-5-11-25(28)34-26/h2*2-22H,23H2,1H3;2*1-16H. The first-order valence-corrected chi connectivity index (χ1v) is 52.7. The maximum Gasteiger partial charge on any atom is 0.266 e. The third-order valence-electron chi connectivity index (χ3n) is 35.8. The maximum atomic E-state index is 6.47. The number of hydrogen-bond donors (Lipinski definition) is 0. The molecular formula is C138H84B4N4O4. The lowest BCUT2D eigenvalue weighted by Crippen LogP contribution is -2.67. The van der Waals surface area contributed by atoms with Gasteiger partial charge in [-0.25, -0.2) is 0 Å². The van der Waals surface area contributed by atoms with Crippen molar-refractivity contribution in [1.29, 1.82) is 0 Å². The molecule has 4 aromatic heterocycles. The lowest BCUT2D eigenvalue weighted by molar-refractivity contribution is 0.464. The van der Waals surface area contributed by atoms with Crippen LogP contribution in [0.2, 0.25) is 0 Å². The second-order valence-electron chi connectivity index (χ2n) is 42.7. The first kappa shape index (κ1) is 81.8. The Morgan fingerprint density at radius 3 is 1.05 bits per heavy atom. The van der Waals surface area contributed by atoms with Crippen LogP contribution in [-0.4, -0.2) is 45.1 Å². The van der Waals surface area contributed by atoms with Gasteiger partial charge in [-0.15, -0.1) is 0 Å². The lowest BCUT2D eigenvalue weighted by Gasteiger charge is -2.48. The van der Waals surface area contributed by atoms with Crippen molar-refractivity contribution >= 4 is 180 Å². The van der Waals surface area contributed by atoms with Gasteiger partial charge in [0.2, 0.25) is 13.4 Å². The van der Waals surface area contributed by atoms with Gasteiger partial charge < -0.3 is 37.2 Å². The number of fused-ring (bicyclic) bond motifs is 16. The highest BCUT2D eigenvalue weighted by atomic mass is 16.5. The molecule has 0 saturated carbocycles. The van der Waals surface area contributed by atoms with E-state index in [0.29, 0.717) is 0 Å². The fourth-order valence-corrected chi connectivity index (χ4v) is 30.3. The summed E-state index contributed by atoms with van der Waals surface area (Å²) in [5.41, 5.74) is 55.4. The summed E-state index contributed by atoms with van der Waals surface area (Å²) in [6.07, 6.45) is 1.96. The summed E-state index contributed by atoms with van der Waals surface area (Å²) < 4.78 is 35.8. The number of benzene rings is 22. The zero-order chi connectivity index (χ0) is 97.7. The van der Waals surface area contributed by atoms with Gasteiger partial charge in [0.15, 0.2) is 0 Å². The highest BCUT2D eigenvalue weighted by Crippen LogP contribution is 2.55. The monoisotopic (exact) mass is 1900 g/mol. The number of aryl methyl sites for hydroxylation is 2. The van der Waals surface area contributed by atoms with Crippen molar-refractivity contribution in [1.82, 2.24) is 18.3 Å². The molecule has 692 valence electrons. The zero-order valence-electron chi connectivity index (χ0n) is 81.9. The molecule has 0 saturated heterocycles. The van der Waals surface area contributed by atoms with E-state index in [0.717, 1.165) is 69.8 Å². The Bertz CT molecular complexity index is 10400. The number of ether oxygens (including phenoxy) is 4. The third-order valence-corrected chi connectivity index (χ3v) is 35.8. The lowest BCUT2D eigenvalue weighted by atomic mass is 9.27. The van der Waals surface area contributed by atoms with Crippen LogP contribution in [0.25, 0.3) is 132 Å². The molecule has 0 radical (unpaired) electrons. The number of rotatable bonds is 6. The predicted octanol–water partition coefficient (Wildman–Crippen LogP) is 24.0. The largest absolute Gasteiger partial charge is 0.458 e. The summed E-state index contributed by atoms with van der Waals surface area (Å²) in [6.45, 7) is 5.24. The Balaban J connectivity index is 0.0000000839. The van der Waals surface area contributed by atoms with Gasteiger partial charge in [-0.1, -0.05) is 339 Å². The van der Waals surface area contributed by atoms with Crippen LogP contribution in [0, 0.1) is 13.8 Å². The van der Waals surface area contributed by atoms with Crippen molar-refractivity contribution in [3.63, 3.8) is 0 Å². The van der Waals surface area contributed by atoms with Crippen LogP contribution in [0.3, 0.4) is 0 Å². The molecule has 12 aliphatic rings. The summed E-state index contributed by atoms with van der Waals surface area (Å²) in [5, 5.41) is 10.5. The summed E-state index contributed by atoms with van der Waals surface area (Å²) >= 11 is 0. The van der Waals surface area contributed by atoms with Crippen LogP contribution < -0.4 is 84.5 Å². The summed E-state index contributed by atoms with van der Waals surface area (Å²) in [6, 6.07) is 165. The fourth-order valence-electron chi connectivity index (χ4n) is 30.3. The van der Waals surface area contributed by atoms with E-state index < -0.39 is 10.8 Å². The average molecular weight is 1910 g/mol. The normalized spacial score (nSPS) is 14.4. The molecule has 12 aliphatic heterocycles. The smallest absolute Gasteiger partial charge is 0.266 e. The SMILES string of the molecule is Cc1cc2c3ccccc3n3c2c2c1Cc1cccc4c1B2c1c-3cccc1C4(c1ccccc1)c1ccccc1.Cc1ccc2c3ccc4c5c3n(c2c1)-c1cccc2c1B5c1c(cccc1C2(c1ccccc1)c1ccccc1)C4.c1ccc(-c2ccc3c(c2)c2ccc4c5c2n3-c2cccc3c2B5c2c(cccc2O4)O3)cc1.c1ccc(-c2ccc3c4ccc5c6c4n(c3c2)-c2cccc3c2B6c2c(cccc2O5)O3)cc1. The quantitative estimate of drug-likeness (QED) is 0.156. The minimum Gasteiger partial charge on any atom is -0.458 e. The minimum absolute atomic E-state index is 0.115. The molecule has 16 heterocycles. The van der Waals surface area contributed by atoms with Crippen LogP contribution in [-0.2, 0) is 23.7 Å². The van der Waals surface area contributed by atoms with Crippen LogP contribution in [0.1, 0.15) is 77.9 Å². The Labute approximate surface area is 865 Å². The van der Waals surface area contributed by atoms with Crippen molar-refractivity contribution < 1.29 is 18.9 Å². The van der Waals surface area contributed by atoms with Gasteiger partial charge in [0.25, 0.3) is 13.4 Å². The van der Waals surface area contributed by atoms with Crippen LogP contribution in [0.15, 0.2) is 449 Å². The van der Waals surface area contributed by atoms with E-state index in [9.17, 15) is 0 Å². The van der Waals surface area contributed by atoms with E-state index >= 15 is 0 Å². The zero-order valence-corrected chi connectivity index (χ0v) is 81.9. The number of nitrogens with zero attached hydrogens (tertiary/aromatic N) is 4. The van der Waals surface area contributed by atoms with Crippen LogP contribution >= 0.6 is 0 Å². The van der Waals surface area contributed by atoms with Gasteiger partial charge in [0.05, 0.1) is 43.9 Å². The Morgan fingerprint density at radius 2 is 0.540 bits per heavy atom. The van der Waals surface area contributed by atoms with Crippen molar-refractivity contribution in [2.24, 2.45) is 0 Å². The Kier molecular flexibility index (Phi) is 16.2. The highest BCUT2D eigenvalue weighted by molar-refractivity contribution is 7.03. The van der Waals surface area contributed by atoms with Crippen molar-refractivity contribution in [3.8, 4) is 91.0 Å². The van der Waals surface area contributed by atoms with Gasteiger partial charge in [-0.3, -0.25) is 0 Å². The molecule has 0 aliphatic carbocycles. The van der Waals surface area contributed by atoms with Crippen molar-refractivity contribution in [2.45, 2.75) is 37.5 Å². The molecule has 0 N–H and O–H groups in total. The maximum absolute atomic E-state index is 6.47. The van der Waals surface area contributed by atoms with Gasteiger partial charge in [-0.05, 0) is 292 Å². The van der Waals surface area contributed by atoms with Crippen molar-refractivity contribution in [2.75, 3.05) is 0 Å². The predicted molar refractivity (Wildman–Crippen MR) is 618 cm³/mol. The number of para-hydroxylation sites is 1. The molecule has 0 amide bonds. The Hall–Kier alpha value is -18.5. The molecule has 0 spiro atoms. The van der Waals surface area contributed by atoms with E-state index in [1.54, 1.807) is 0 Å². The molecule has 0 fully saturated rings. The Morgan fingerprint density at radius 1 is 0.200 bits per heavy atom. The molecule has 38 rings (SSSR count). The molecule has 26 aromatic rings. The van der Waals surface area contributed by atoms with E-state index in [-0.39, 0.29) is 26.9 Å². The molecular weight excluding hydrogens is 1820 g/mol. The first-order chi connectivity index (χ1) is 74.3. The van der Waals surface area contributed by atoms with Gasteiger partial charge in [0, 0.05) is 87.8 Å². The van der Waals surface area contributed by atoms with Gasteiger partial charge in [-0.2, -0.15) is 0 Å². The van der Waals surface area contributed by atoms with E-state index in [1.807, 2.05) is 12.1 Å². The number of aromatic nitrogens is 4. The van der Waals surface area contributed by atoms with E-state index in [2.05, 4.69) is 469 Å². The van der Waals surface area contributed by atoms with Gasteiger partial charge >= 0.3 is 0 Å². The summed E-state index contributed by atoms with van der Waals surface area (Å²) in [5.74, 6) is 7.33. The molecule has 150 heavy (non-hydrogen) atoms. The van der Waals surface area contributed by atoms with Crippen LogP contribution in [0.4, 0.5) is 0 Å². The molecule has 0 atom stereocenters. The average Bonchev–Trinajstić information content (AvgIpc) is 1.10. The summed E-state index contributed by atoms with van der Waals surface area (Å²) in [4.78, 5) is 0. The highest BCUT2D eigenvalue weighted by Gasteiger charge is 2.57. The van der Waals surface area contributed by atoms with Crippen molar-refractivity contribution in [3.05, 3.63) is 527 Å². The second kappa shape index (κ2) is 29.7. The molecule has 22 aromatic carbocycles. The molecule has 12 heteroatoms. The summed E-state index contributed by atoms with van der Waals surface area (Å²) in [7, 11) is 0. The minimum atomic E-state index is -0.406. The van der Waals surface area contributed by atoms with E-state index in [1.165, 1.54) is 265 Å². The van der Waals surface area contributed by atoms with Gasteiger partial charge in [0.1, 0.15) is 46.0 Å². The van der Waals surface area contributed by atoms with Crippen LogP contribution in [0.5, 0.6) is 46.0 Å². The molecule has 8 nitrogen and oxygen atoms in total.